The minimum Gasteiger partial charge on any atom is -0.310 e. The molecule has 0 unspecified atom stereocenters. The lowest BCUT2D eigenvalue weighted by molar-refractivity contribution is 0.632. The maximum absolute atomic E-state index is 10.5. The van der Waals surface area contributed by atoms with Gasteiger partial charge in [0.25, 0.3) is 0 Å². The van der Waals surface area contributed by atoms with Crippen molar-refractivity contribution in [3.63, 3.8) is 0 Å². The summed E-state index contributed by atoms with van der Waals surface area (Å²) in [4.78, 5) is 4.86. The summed E-state index contributed by atoms with van der Waals surface area (Å²) < 4.78 is 4.76. The molecular formula is C61H45N5. The van der Waals surface area contributed by atoms with Gasteiger partial charge >= 0.3 is 0 Å². The van der Waals surface area contributed by atoms with Crippen LogP contribution in [0.5, 0.6) is 0 Å². The molecule has 4 heterocycles. The monoisotopic (exact) mass is 847 g/mol. The second-order valence-electron chi connectivity index (χ2n) is 18.9. The lowest BCUT2D eigenvalue weighted by Crippen LogP contribution is -2.30. The highest BCUT2D eigenvalue weighted by atomic mass is 15.2. The molecule has 9 aromatic carbocycles. The average Bonchev–Trinajstić information content (AvgIpc) is 3.86. The highest BCUT2D eigenvalue weighted by molar-refractivity contribution is 6.13. The second-order valence-corrected chi connectivity index (χ2v) is 18.9. The van der Waals surface area contributed by atoms with Gasteiger partial charge in [0, 0.05) is 43.7 Å². The molecule has 2 aliphatic rings. The molecule has 0 saturated heterocycles. The molecular weight excluding hydrogens is 803 g/mol. The molecule has 0 saturated carbocycles. The number of hydrogen-bond donors (Lipinski definition) is 0. The predicted octanol–water partition coefficient (Wildman–Crippen LogP) is 16.0. The van der Waals surface area contributed by atoms with Gasteiger partial charge < -0.3 is 18.9 Å². The first kappa shape index (κ1) is 38.2. The van der Waals surface area contributed by atoms with Crippen molar-refractivity contribution >= 4 is 77.7 Å². The van der Waals surface area contributed by atoms with E-state index >= 15 is 0 Å². The van der Waals surface area contributed by atoms with Gasteiger partial charge in [-0.15, -0.1) is 0 Å². The van der Waals surface area contributed by atoms with Crippen molar-refractivity contribution < 1.29 is 0 Å². The van der Waals surface area contributed by atoms with Crippen LogP contribution in [0.3, 0.4) is 0 Å². The van der Waals surface area contributed by atoms with Crippen LogP contribution in [0.1, 0.15) is 55.5 Å². The van der Waals surface area contributed by atoms with Crippen LogP contribution in [0.2, 0.25) is 0 Å². The van der Waals surface area contributed by atoms with E-state index < -0.39 is 0 Å². The molecule has 0 fully saturated rings. The van der Waals surface area contributed by atoms with Crippen molar-refractivity contribution in [1.82, 2.24) is 9.13 Å². The third-order valence-corrected chi connectivity index (χ3v) is 14.7. The number of nitriles is 1. The largest absolute Gasteiger partial charge is 0.310 e. The molecule has 0 N–H and O–H groups in total. The standard InChI is InChI=1S/C61H45N5/c1-60(2)46-19-7-13-25-54(46)63(55-26-14-8-20-47(55)60)40-30-33-52-44(36-40)42-17-5-11-23-50(42)65(52)58-32-29-39(38-62)35-59(58)66-51-24-12-6-18-43(51)45-37-41(31-34-53(45)66)64-56-27-15-9-21-48(56)61(3,4)49-22-10-16-28-57(49)64/h5-37H,1-4H3. The van der Waals surface area contributed by atoms with Gasteiger partial charge in [-0.3, -0.25) is 0 Å². The minimum absolute atomic E-state index is 0.147. The summed E-state index contributed by atoms with van der Waals surface area (Å²) >= 11 is 0. The Balaban J connectivity index is 1.03. The third kappa shape index (κ3) is 5.21. The topological polar surface area (TPSA) is 40.1 Å². The number of benzene rings is 9. The molecule has 0 bridgehead atoms. The molecule has 314 valence electrons. The van der Waals surface area contributed by atoms with E-state index in [1.54, 1.807) is 0 Å². The number of hydrogen-bond acceptors (Lipinski definition) is 3. The first-order valence-electron chi connectivity index (χ1n) is 22.8. The van der Waals surface area contributed by atoms with Gasteiger partial charge in [-0.1, -0.05) is 137 Å². The average molecular weight is 848 g/mol. The van der Waals surface area contributed by atoms with Gasteiger partial charge in [0.05, 0.1) is 67.8 Å². The number of para-hydroxylation sites is 6. The van der Waals surface area contributed by atoms with Crippen molar-refractivity contribution in [2.75, 3.05) is 9.80 Å². The second kappa shape index (κ2) is 13.8. The highest BCUT2D eigenvalue weighted by Crippen LogP contribution is 2.54. The summed E-state index contributed by atoms with van der Waals surface area (Å²) in [6.07, 6.45) is 0. The molecule has 0 atom stereocenters. The van der Waals surface area contributed by atoms with E-state index in [1.165, 1.54) is 50.4 Å². The van der Waals surface area contributed by atoms with E-state index in [9.17, 15) is 5.26 Å². The zero-order valence-corrected chi connectivity index (χ0v) is 37.3. The summed E-state index contributed by atoms with van der Waals surface area (Å²) in [7, 11) is 0. The Morgan fingerprint density at radius 2 is 0.697 bits per heavy atom. The zero-order chi connectivity index (χ0) is 44.5. The van der Waals surface area contributed by atoms with E-state index in [4.69, 9.17) is 0 Å². The van der Waals surface area contributed by atoms with Gasteiger partial charge in [-0.25, -0.2) is 0 Å². The fourth-order valence-corrected chi connectivity index (χ4v) is 11.6. The fraction of sp³-hybridized carbons (Fsp3) is 0.0984. The molecule has 0 radical (unpaired) electrons. The molecule has 5 heteroatoms. The van der Waals surface area contributed by atoms with E-state index in [0.29, 0.717) is 5.56 Å². The lowest BCUT2D eigenvalue weighted by Gasteiger charge is -2.42. The summed E-state index contributed by atoms with van der Waals surface area (Å²) in [6, 6.07) is 75.1. The summed E-state index contributed by atoms with van der Waals surface area (Å²) in [5.41, 5.74) is 18.8. The van der Waals surface area contributed by atoms with Crippen molar-refractivity contribution in [3.05, 3.63) is 228 Å². The lowest BCUT2D eigenvalue weighted by atomic mass is 9.73. The first-order chi connectivity index (χ1) is 32.2. The maximum atomic E-state index is 10.5. The fourth-order valence-electron chi connectivity index (χ4n) is 11.6. The van der Waals surface area contributed by atoms with Crippen LogP contribution in [-0.4, -0.2) is 9.13 Å². The van der Waals surface area contributed by atoms with E-state index in [1.807, 2.05) is 6.07 Å². The number of rotatable bonds is 4. The van der Waals surface area contributed by atoms with Crippen molar-refractivity contribution in [2.24, 2.45) is 0 Å². The van der Waals surface area contributed by atoms with Crippen LogP contribution in [0, 0.1) is 11.3 Å². The number of aromatic nitrogens is 2. The van der Waals surface area contributed by atoms with Gasteiger partial charge in [-0.05, 0) is 113 Å². The Hall–Kier alpha value is -8.33. The van der Waals surface area contributed by atoms with Crippen molar-refractivity contribution in [1.29, 1.82) is 5.26 Å². The van der Waals surface area contributed by atoms with E-state index in [2.05, 4.69) is 247 Å². The summed E-state index contributed by atoms with van der Waals surface area (Å²) in [6.45, 7) is 9.32. The van der Waals surface area contributed by atoms with Crippen LogP contribution in [-0.2, 0) is 10.8 Å². The van der Waals surface area contributed by atoms with Crippen LogP contribution in [0.25, 0.3) is 55.0 Å². The van der Waals surface area contributed by atoms with Gasteiger partial charge in [-0.2, -0.15) is 5.26 Å². The number of fused-ring (bicyclic) bond motifs is 10. The highest BCUT2D eigenvalue weighted by Gasteiger charge is 2.38. The maximum Gasteiger partial charge on any atom is 0.0992 e. The van der Waals surface area contributed by atoms with Gasteiger partial charge in [0.15, 0.2) is 0 Å². The quantitative estimate of drug-likeness (QED) is 0.177. The van der Waals surface area contributed by atoms with Crippen LogP contribution < -0.4 is 9.80 Å². The van der Waals surface area contributed by atoms with Gasteiger partial charge in [0.2, 0.25) is 0 Å². The van der Waals surface area contributed by atoms with Crippen LogP contribution in [0.4, 0.5) is 34.1 Å². The smallest absolute Gasteiger partial charge is 0.0992 e. The van der Waals surface area contributed by atoms with Crippen LogP contribution >= 0.6 is 0 Å². The molecule has 13 rings (SSSR count). The molecule has 0 spiro atoms. The molecule has 0 amide bonds. The Morgan fingerprint density at radius 3 is 1.12 bits per heavy atom. The molecule has 2 aliphatic heterocycles. The Labute approximate surface area is 384 Å². The molecule has 66 heavy (non-hydrogen) atoms. The van der Waals surface area contributed by atoms with Crippen molar-refractivity contribution in [3.8, 4) is 17.4 Å². The number of nitrogens with zero attached hydrogens (tertiary/aromatic N) is 5. The van der Waals surface area contributed by atoms with Crippen LogP contribution in [0.15, 0.2) is 200 Å². The molecule has 0 aliphatic carbocycles. The molecule has 5 nitrogen and oxygen atoms in total. The normalized spacial score (nSPS) is 14.5. The van der Waals surface area contributed by atoms with Gasteiger partial charge in [0.1, 0.15) is 0 Å². The Morgan fingerprint density at radius 1 is 0.333 bits per heavy atom. The Kier molecular flexibility index (Phi) is 8.00. The zero-order valence-electron chi connectivity index (χ0n) is 37.3. The van der Waals surface area contributed by atoms with E-state index in [0.717, 1.165) is 61.0 Å². The molecule has 11 aromatic rings. The predicted molar refractivity (Wildman–Crippen MR) is 273 cm³/mol. The number of anilines is 6. The van der Waals surface area contributed by atoms with E-state index in [-0.39, 0.29) is 10.8 Å². The summed E-state index contributed by atoms with van der Waals surface area (Å²) in [5.74, 6) is 0. The van der Waals surface area contributed by atoms with Crippen molar-refractivity contribution in [2.45, 2.75) is 38.5 Å². The summed E-state index contributed by atoms with van der Waals surface area (Å²) in [5, 5.41) is 15.1. The Bertz CT molecular complexity index is 3770. The molecule has 2 aromatic heterocycles. The third-order valence-electron chi connectivity index (χ3n) is 14.7. The SMILES string of the molecule is CC1(C)c2ccccc2N(c2ccc3c(c2)c2ccccc2n3-c2ccc(C#N)cc2-n2c3ccccc3c3cc(N4c5ccccc5C(C)(C)c5ccccc54)ccc32)c2ccccc21. The first-order valence-corrected chi connectivity index (χ1v) is 22.8. The minimum atomic E-state index is -0.151.